The van der Waals surface area contributed by atoms with Crippen LogP contribution in [-0.2, 0) is 11.2 Å². The third-order valence-electron chi connectivity index (χ3n) is 4.84. The normalized spacial score (nSPS) is 10.5. The van der Waals surface area contributed by atoms with Crippen molar-refractivity contribution in [3.8, 4) is 0 Å². The fraction of sp³-hybridized carbons (Fsp3) is 0.292. The van der Waals surface area contributed by atoms with Gasteiger partial charge in [-0.3, -0.25) is 4.79 Å². The van der Waals surface area contributed by atoms with Crippen molar-refractivity contribution in [3.63, 3.8) is 0 Å². The van der Waals surface area contributed by atoms with Crippen molar-refractivity contribution in [1.82, 2.24) is 9.97 Å². The molecular formula is C24H29N5O. The lowest BCUT2D eigenvalue weighted by Gasteiger charge is -2.20. The van der Waals surface area contributed by atoms with E-state index in [4.69, 9.17) is 0 Å². The predicted molar refractivity (Wildman–Crippen MR) is 123 cm³/mol. The second-order valence-electron chi connectivity index (χ2n) is 7.10. The van der Waals surface area contributed by atoms with E-state index in [1.807, 2.05) is 67.6 Å². The van der Waals surface area contributed by atoms with Gasteiger partial charge in [-0.05, 0) is 57.0 Å². The number of benzene rings is 2. The molecule has 0 aliphatic carbocycles. The highest BCUT2D eigenvalue weighted by atomic mass is 16.1. The van der Waals surface area contributed by atoms with Crippen LogP contribution in [0.4, 0.5) is 23.1 Å². The number of nitrogens with zero attached hydrogens (tertiary/aromatic N) is 3. The van der Waals surface area contributed by atoms with Crippen molar-refractivity contribution < 1.29 is 4.79 Å². The van der Waals surface area contributed by atoms with Crippen molar-refractivity contribution in [1.29, 1.82) is 0 Å². The third kappa shape index (κ3) is 6.04. The van der Waals surface area contributed by atoms with Crippen LogP contribution in [-0.4, -0.2) is 29.0 Å². The minimum atomic E-state index is 0.00504. The average molecular weight is 404 g/mol. The van der Waals surface area contributed by atoms with Crippen molar-refractivity contribution in [2.75, 3.05) is 28.6 Å². The van der Waals surface area contributed by atoms with E-state index in [1.54, 1.807) is 0 Å². The smallest absolute Gasteiger partial charge is 0.229 e. The molecule has 1 heterocycles. The molecule has 0 aliphatic heterocycles. The average Bonchev–Trinajstić information content (AvgIpc) is 2.75. The number of nitrogens with one attached hydrogen (secondary N) is 2. The zero-order valence-corrected chi connectivity index (χ0v) is 17.9. The molecule has 1 amide bonds. The molecule has 0 fully saturated rings. The highest BCUT2D eigenvalue weighted by Gasteiger charge is 2.08. The number of hydrogen-bond donors (Lipinski definition) is 2. The van der Waals surface area contributed by atoms with E-state index in [9.17, 15) is 4.79 Å². The minimum absolute atomic E-state index is 0.00504. The molecular weight excluding hydrogens is 374 g/mol. The summed E-state index contributed by atoms with van der Waals surface area (Å²) in [5.41, 5.74) is 3.71. The number of rotatable bonds is 9. The number of anilines is 4. The lowest BCUT2D eigenvalue weighted by atomic mass is 10.1. The van der Waals surface area contributed by atoms with Gasteiger partial charge in [0.2, 0.25) is 11.9 Å². The fourth-order valence-electron chi connectivity index (χ4n) is 3.21. The minimum Gasteiger partial charge on any atom is -0.357 e. The fourth-order valence-corrected chi connectivity index (χ4v) is 3.21. The van der Waals surface area contributed by atoms with Crippen molar-refractivity contribution in [2.24, 2.45) is 0 Å². The van der Waals surface area contributed by atoms with E-state index in [1.165, 1.54) is 0 Å². The molecule has 0 saturated heterocycles. The maximum Gasteiger partial charge on any atom is 0.229 e. The van der Waals surface area contributed by atoms with E-state index in [0.717, 1.165) is 48.0 Å². The van der Waals surface area contributed by atoms with Gasteiger partial charge in [0.1, 0.15) is 5.82 Å². The molecule has 6 nitrogen and oxygen atoms in total. The summed E-state index contributed by atoms with van der Waals surface area (Å²) in [7, 11) is 0. The van der Waals surface area contributed by atoms with Crippen LogP contribution < -0.4 is 15.5 Å². The molecule has 156 valence electrons. The van der Waals surface area contributed by atoms with Crippen molar-refractivity contribution in [2.45, 2.75) is 33.6 Å². The molecule has 1 aromatic heterocycles. The Morgan fingerprint density at radius 2 is 1.60 bits per heavy atom. The van der Waals surface area contributed by atoms with Gasteiger partial charge in [0.05, 0.1) is 0 Å². The van der Waals surface area contributed by atoms with Gasteiger partial charge in [-0.1, -0.05) is 30.3 Å². The number of carbonyl (C=O) groups excluding carboxylic acids is 1. The van der Waals surface area contributed by atoms with E-state index < -0.39 is 0 Å². The van der Waals surface area contributed by atoms with Gasteiger partial charge >= 0.3 is 0 Å². The quantitative estimate of drug-likeness (QED) is 0.529. The maximum absolute atomic E-state index is 12.2. The van der Waals surface area contributed by atoms with E-state index in [-0.39, 0.29) is 5.91 Å². The van der Waals surface area contributed by atoms with Crippen LogP contribution in [0.1, 0.15) is 31.5 Å². The molecule has 2 N–H and O–H groups in total. The maximum atomic E-state index is 12.2. The molecule has 6 heteroatoms. The standard InChI is InChI=1S/C24H29N5O/c1-4-29(5-2)22-17-18(3)25-24(28-22)27-21-14-12-20(13-15-21)26-23(30)16-11-19-9-7-6-8-10-19/h6-10,12-15,17H,4-5,11,16H2,1-3H3,(H,26,30)(H,25,27,28). The summed E-state index contributed by atoms with van der Waals surface area (Å²) < 4.78 is 0. The van der Waals surface area contributed by atoms with Crippen LogP contribution in [0.15, 0.2) is 60.7 Å². The van der Waals surface area contributed by atoms with Gasteiger partial charge in [-0.15, -0.1) is 0 Å². The summed E-state index contributed by atoms with van der Waals surface area (Å²) in [6.45, 7) is 7.98. The second-order valence-corrected chi connectivity index (χ2v) is 7.10. The van der Waals surface area contributed by atoms with Gasteiger partial charge in [0.25, 0.3) is 0 Å². The Hall–Kier alpha value is -3.41. The Labute approximate surface area is 178 Å². The first-order valence-electron chi connectivity index (χ1n) is 10.4. The van der Waals surface area contributed by atoms with Gasteiger partial charge in [0, 0.05) is 42.6 Å². The van der Waals surface area contributed by atoms with Crippen LogP contribution in [0.2, 0.25) is 0 Å². The number of hydrogen-bond acceptors (Lipinski definition) is 5. The number of amides is 1. The molecule has 0 bridgehead atoms. The van der Waals surface area contributed by atoms with Crippen LogP contribution in [0.3, 0.4) is 0 Å². The molecule has 0 aliphatic rings. The Bertz CT molecular complexity index is 953. The Morgan fingerprint density at radius 3 is 2.27 bits per heavy atom. The van der Waals surface area contributed by atoms with E-state index in [2.05, 4.69) is 39.3 Å². The number of aromatic nitrogens is 2. The molecule has 0 atom stereocenters. The van der Waals surface area contributed by atoms with Gasteiger partial charge in [-0.25, -0.2) is 4.98 Å². The first-order valence-corrected chi connectivity index (χ1v) is 10.4. The Kier molecular flexibility index (Phi) is 7.38. The largest absolute Gasteiger partial charge is 0.357 e. The number of carbonyl (C=O) groups is 1. The Morgan fingerprint density at radius 1 is 0.933 bits per heavy atom. The SMILES string of the molecule is CCN(CC)c1cc(C)nc(Nc2ccc(NC(=O)CCc3ccccc3)cc2)n1. The molecule has 3 rings (SSSR count). The molecule has 3 aromatic rings. The second kappa shape index (κ2) is 10.4. The highest BCUT2D eigenvalue weighted by Crippen LogP contribution is 2.20. The monoisotopic (exact) mass is 403 g/mol. The van der Waals surface area contributed by atoms with E-state index >= 15 is 0 Å². The van der Waals surface area contributed by atoms with E-state index in [0.29, 0.717) is 12.4 Å². The lowest BCUT2D eigenvalue weighted by Crippen LogP contribution is -2.23. The predicted octanol–water partition coefficient (Wildman–Crippen LogP) is 4.95. The molecule has 30 heavy (non-hydrogen) atoms. The molecule has 0 saturated carbocycles. The lowest BCUT2D eigenvalue weighted by molar-refractivity contribution is -0.116. The van der Waals surface area contributed by atoms with Crippen LogP contribution >= 0.6 is 0 Å². The summed E-state index contributed by atoms with van der Waals surface area (Å²) in [6.07, 6.45) is 1.18. The molecule has 2 aromatic carbocycles. The molecule has 0 spiro atoms. The van der Waals surface area contributed by atoms with Gasteiger partial charge < -0.3 is 15.5 Å². The van der Waals surface area contributed by atoms with Crippen molar-refractivity contribution >= 4 is 29.0 Å². The third-order valence-corrected chi connectivity index (χ3v) is 4.84. The summed E-state index contributed by atoms with van der Waals surface area (Å²) in [6, 6.07) is 19.6. The highest BCUT2D eigenvalue weighted by molar-refractivity contribution is 5.91. The summed E-state index contributed by atoms with van der Waals surface area (Å²) in [5, 5.41) is 6.20. The van der Waals surface area contributed by atoms with Crippen LogP contribution in [0, 0.1) is 6.92 Å². The topological polar surface area (TPSA) is 70.2 Å². The van der Waals surface area contributed by atoms with Gasteiger partial charge in [-0.2, -0.15) is 4.98 Å². The van der Waals surface area contributed by atoms with Crippen LogP contribution in [0.5, 0.6) is 0 Å². The zero-order chi connectivity index (χ0) is 21.3. The van der Waals surface area contributed by atoms with Crippen molar-refractivity contribution in [3.05, 3.63) is 71.9 Å². The summed E-state index contributed by atoms with van der Waals surface area (Å²) in [4.78, 5) is 23.5. The first-order chi connectivity index (χ1) is 14.6. The molecule has 0 unspecified atom stereocenters. The van der Waals surface area contributed by atoms with Gasteiger partial charge in [0.15, 0.2) is 0 Å². The molecule has 0 radical (unpaired) electrons. The summed E-state index contributed by atoms with van der Waals surface area (Å²) >= 11 is 0. The first kappa shape index (κ1) is 21.3. The number of aryl methyl sites for hydroxylation is 2. The van der Waals surface area contributed by atoms with Crippen LogP contribution in [0.25, 0.3) is 0 Å². The zero-order valence-electron chi connectivity index (χ0n) is 17.9. The Balaban J connectivity index is 1.58. The summed E-state index contributed by atoms with van der Waals surface area (Å²) in [5.74, 6) is 1.49.